The molecule has 0 aromatic heterocycles. The molecule has 0 saturated carbocycles. The normalized spacial score (nSPS) is 18.1. The first kappa shape index (κ1) is 21.3. The summed E-state index contributed by atoms with van der Waals surface area (Å²) in [5, 5.41) is 10.8. The first-order valence-electron chi connectivity index (χ1n) is 8.73. The largest absolute Gasteiger partial charge is 0.507 e. The molecule has 1 aromatic rings. The molecular formula is C20H34ClNO2. The summed E-state index contributed by atoms with van der Waals surface area (Å²) in [4.78, 5) is 0. The smallest absolute Gasteiger partial charge is 0.123 e. The van der Waals surface area contributed by atoms with E-state index in [1.165, 1.54) is 0 Å². The molecule has 2 rings (SSSR count). The lowest BCUT2D eigenvalue weighted by atomic mass is 9.76. The number of benzene rings is 1. The highest BCUT2D eigenvalue weighted by atomic mass is 35.5. The SMILES string of the molecule is CC(C)(C)c1cc([C@@H](N)C2CCOCC2)cc(C(C)(C)C)c1O.Cl. The van der Waals surface area contributed by atoms with Crippen LogP contribution in [0.2, 0.25) is 0 Å². The Labute approximate surface area is 153 Å². The maximum atomic E-state index is 10.8. The van der Waals surface area contributed by atoms with Gasteiger partial charge in [0.2, 0.25) is 0 Å². The van der Waals surface area contributed by atoms with Crippen LogP contribution in [-0.4, -0.2) is 18.3 Å². The van der Waals surface area contributed by atoms with E-state index in [0.29, 0.717) is 11.7 Å². The fourth-order valence-corrected chi connectivity index (χ4v) is 3.34. The third-order valence-electron chi connectivity index (χ3n) is 4.91. The Morgan fingerprint density at radius 1 is 1.00 bits per heavy atom. The van der Waals surface area contributed by atoms with E-state index >= 15 is 0 Å². The van der Waals surface area contributed by atoms with Crippen molar-refractivity contribution in [3.05, 3.63) is 28.8 Å². The monoisotopic (exact) mass is 355 g/mol. The second-order valence-corrected chi connectivity index (χ2v) is 8.94. The molecule has 4 heteroatoms. The van der Waals surface area contributed by atoms with Gasteiger partial charge in [-0.2, -0.15) is 0 Å². The zero-order valence-electron chi connectivity index (χ0n) is 16.0. The summed E-state index contributed by atoms with van der Waals surface area (Å²) in [6, 6.07) is 4.23. The average Bonchev–Trinajstić information content (AvgIpc) is 2.45. The number of ether oxygens (including phenoxy) is 1. The molecule has 0 aliphatic carbocycles. The topological polar surface area (TPSA) is 55.5 Å². The molecule has 0 unspecified atom stereocenters. The number of nitrogens with two attached hydrogens (primary N) is 1. The van der Waals surface area contributed by atoms with Gasteiger partial charge in [-0.1, -0.05) is 41.5 Å². The molecule has 0 amide bonds. The molecule has 1 aliphatic heterocycles. The van der Waals surface area contributed by atoms with Crippen LogP contribution in [0.1, 0.15) is 77.1 Å². The first-order valence-corrected chi connectivity index (χ1v) is 8.73. The second-order valence-electron chi connectivity index (χ2n) is 8.94. The average molecular weight is 356 g/mol. The molecule has 1 fully saturated rings. The van der Waals surface area contributed by atoms with Crippen LogP contribution in [0.25, 0.3) is 0 Å². The van der Waals surface area contributed by atoms with E-state index in [1.807, 2.05) is 0 Å². The summed E-state index contributed by atoms with van der Waals surface area (Å²) < 4.78 is 5.47. The highest BCUT2D eigenvalue weighted by Gasteiger charge is 2.29. The molecule has 3 nitrogen and oxygen atoms in total. The number of halogens is 1. The Hall–Kier alpha value is -0.770. The number of rotatable bonds is 2. The summed E-state index contributed by atoms with van der Waals surface area (Å²) in [5.74, 6) is 0.877. The van der Waals surface area contributed by atoms with Crippen molar-refractivity contribution in [2.24, 2.45) is 11.7 Å². The Morgan fingerprint density at radius 3 is 1.79 bits per heavy atom. The van der Waals surface area contributed by atoms with Crippen molar-refractivity contribution < 1.29 is 9.84 Å². The van der Waals surface area contributed by atoms with Crippen molar-refractivity contribution in [3.63, 3.8) is 0 Å². The molecule has 1 saturated heterocycles. The highest BCUT2D eigenvalue weighted by molar-refractivity contribution is 5.85. The van der Waals surface area contributed by atoms with Crippen LogP contribution >= 0.6 is 12.4 Å². The van der Waals surface area contributed by atoms with Gasteiger partial charge in [0.05, 0.1) is 0 Å². The summed E-state index contributed by atoms with van der Waals surface area (Å²) in [6.07, 6.45) is 2.02. The lowest BCUT2D eigenvalue weighted by Gasteiger charge is -2.32. The van der Waals surface area contributed by atoms with Gasteiger partial charge in [-0.15, -0.1) is 12.4 Å². The van der Waals surface area contributed by atoms with Crippen molar-refractivity contribution in [2.75, 3.05) is 13.2 Å². The van der Waals surface area contributed by atoms with E-state index in [0.717, 1.165) is 42.7 Å². The molecule has 3 N–H and O–H groups in total. The molecule has 1 atom stereocenters. The van der Waals surface area contributed by atoms with Gasteiger partial charge in [0, 0.05) is 19.3 Å². The fourth-order valence-electron chi connectivity index (χ4n) is 3.34. The highest BCUT2D eigenvalue weighted by Crippen LogP contribution is 2.42. The minimum absolute atomic E-state index is 0. The second kappa shape index (κ2) is 7.63. The van der Waals surface area contributed by atoms with Crippen LogP contribution in [-0.2, 0) is 15.6 Å². The summed E-state index contributed by atoms with van der Waals surface area (Å²) >= 11 is 0. The standard InChI is InChI=1S/C20H33NO2.ClH/c1-19(2,3)15-11-14(12-16(18(15)22)20(4,5)6)17(21)13-7-9-23-10-8-13;/h11-13,17,22H,7-10,21H2,1-6H3;1H/t17-;/m0./s1. The number of phenols is 1. The molecule has 0 bridgehead atoms. The summed E-state index contributed by atoms with van der Waals surface area (Å²) in [6.45, 7) is 14.4. The van der Waals surface area contributed by atoms with Gasteiger partial charge in [0.25, 0.3) is 0 Å². The Balaban J connectivity index is 0.00000288. The van der Waals surface area contributed by atoms with Gasteiger partial charge in [0.1, 0.15) is 5.75 Å². The van der Waals surface area contributed by atoms with Crippen molar-refractivity contribution in [3.8, 4) is 5.75 Å². The molecule has 1 aliphatic rings. The molecule has 1 aromatic carbocycles. The van der Waals surface area contributed by atoms with Gasteiger partial charge in [-0.05, 0) is 58.4 Å². The quantitative estimate of drug-likeness (QED) is 0.798. The van der Waals surface area contributed by atoms with Crippen molar-refractivity contribution >= 4 is 12.4 Å². The van der Waals surface area contributed by atoms with Gasteiger partial charge in [-0.3, -0.25) is 0 Å². The van der Waals surface area contributed by atoms with Gasteiger partial charge >= 0.3 is 0 Å². The van der Waals surface area contributed by atoms with Gasteiger partial charge in [0.15, 0.2) is 0 Å². The predicted octanol–water partition coefficient (Wildman–Crippen LogP) is 4.84. The third-order valence-corrected chi connectivity index (χ3v) is 4.91. The molecule has 0 spiro atoms. The Bertz CT molecular complexity index is 517. The van der Waals surface area contributed by atoms with Crippen LogP contribution in [0.15, 0.2) is 12.1 Å². The maximum Gasteiger partial charge on any atom is 0.123 e. The van der Waals surface area contributed by atoms with Crippen molar-refractivity contribution in [1.82, 2.24) is 0 Å². The van der Waals surface area contributed by atoms with E-state index in [-0.39, 0.29) is 29.3 Å². The number of aromatic hydroxyl groups is 1. The van der Waals surface area contributed by atoms with Crippen LogP contribution in [0.5, 0.6) is 5.75 Å². The minimum Gasteiger partial charge on any atom is -0.507 e. The Kier molecular flexibility index (Phi) is 6.77. The van der Waals surface area contributed by atoms with E-state index in [2.05, 4.69) is 53.7 Å². The van der Waals surface area contributed by atoms with Crippen molar-refractivity contribution in [2.45, 2.75) is 71.3 Å². The van der Waals surface area contributed by atoms with Crippen LogP contribution in [0.3, 0.4) is 0 Å². The number of phenolic OH excluding ortho intramolecular Hbond substituents is 1. The number of hydrogen-bond donors (Lipinski definition) is 2. The molecule has 0 radical (unpaired) electrons. The van der Waals surface area contributed by atoms with Crippen molar-refractivity contribution in [1.29, 1.82) is 0 Å². The lowest BCUT2D eigenvalue weighted by molar-refractivity contribution is 0.0583. The maximum absolute atomic E-state index is 10.8. The van der Waals surface area contributed by atoms with Gasteiger partial charge < -0.3 is 15.6 Å². The molecule has 1 heterocycles. The third kappa shape index (κ3) is 4.65. The van der Waals surface area contributed by atoms with Crippen LogP contribution in [0.4, 0.5) is 0 Å². The number of hydrogen-bond acceptors (Lipinski definition) is 3. The molecule has 138 valence electrons. The predicted molar refractivity (Wildman–Crippen MR) is 103 cm³/mol. The first-order chi connectivity index (χ1) is 10.5. The van der Waals surface area contributed by atoms with Gasteiger partial charge in [-0.25, -0.2) is 0 Å². The fraction of sp³-hybridized carbons (Fsp3) is 0.700. The van der Waals surface area contributed by atoms with E-state index in [1.54, 1.807) is 0 Å². The summed E-state index contributed by atoms with van der Waals surface area (Å²) in [7, 11) is 0. The van der Waals surface area contributed by atoms with Crippen LogP contribution in [0, 0.1) is 5.92 Å². The van der Waals surface area contributed by atoms with Crippen LogP contribution < -0.4 is 5.73 Å². The molecule has 24 heavy (non-hydrogen) atoms. The zero-order chi connectivity index (χ0) is 17.4. The summed E-state index contributed by atoms with van der Waals surface area (Å²) in [5.41, 5.74) is 9.50. The minimum atomic E-state index is -0.116. The van der Waals surface area contributed by atoms with E-state index < -0.39 is 0 Å². The van der Waals surface area contributed by atoms with E-state index in [4.69, 9.17) is 10.5 Å². The lowest BCUT2D eigenvalue weighted by Crippen LogP contribution is -2.28. The Morgan fingerprint density at radius 2 is 1.42 bits per heavy atom. The van der Waals surface area contributed by atoms with E-state index in [9.17, 15) is 5.11 Å². The zero-order valence-corrected chi connectivity index (χ0v) is 16.8. The molecular weight excluding hydrogens is 322 g/mol.